The second kappa shape index (κ2) is 5.71. The lowest BCUT2D eigenvalue weighted by Gasteiger charge is -2.12. The molecule has 1 heterocycles. The van der Waals surface area contributed by atoms with Crippen molar-refractivity contribution < 1.29 is 18.3 Å². The fourth-order valence-corrected chi connectivity index (χ4v) is 3.11. The van der Waals surface area contributed by atoms with Crippen LogP contribution in [0.2, 0.25) is 5.15 Å². The van der Waals surface area contributed by atoms with Crippen LogP contribution in [0.1, 0.15) is 15.9 Å². The largest absolute Gasteiger partial charge is 0.478 e. The van der Waals surface area contributed by atoms with Gasteiger partial charge in [-0.2, -0.15) is 0 Å². The molecular weight excluding hydrogens is 316 g/mol. The Morgan fingerprint density at radius 1 is 1.33 bits per heavy atom. The number of anilines is 1. The van der Waals surface area contributed by atoms with E-state index >= 15 is 0 Å². The van der Waals surface area contributed by atoms with Crippen LogP contribution in [0.3, 0.4) is 0 Å². The van der Waals surface area contributed by atoms with E-state index < -0.39 is 16.0 Å². The number of carboxylic acids is 1. The van der Waals surface area contributed by atoms with E-state index in [4.69, 9.17) is 16.7 Å². The maximum Gasteiger partial charge on any atom is 0.336 e. The summed E-state index contributed by atoms with van der Waals surface area (Å²) >= 11 is 5.67. The zero-order valence-electron chi connectivity index (χ0n) is 10.9. The molecule has 2 N–H and O–H groups in total. The van der Waals surface area contributed by atoms with Crippen LogP contribution in [-0.4, -0.2) is 24.5 Å². The number of hydrogen-bond acceptors (Lipinski definition) is 4. The minimum absolute atomic E-state index is 0.0305. The van der Waals surface area contributed by atoms with E-state index in [1.165, 1.54) is 43.5 Å². The van der Waals surface area contributed by atoms with Crippen LogP contribution in [0.15, 0.2) is 41.4 Å². The molecule has 2 rings (SSSR count). The van der Waals surface area contributed by atoms with Crippen LogP contribution in [0.5, 0.6) is 0 Å². The highest BCUT2D eigenvalue weighted by Crippen LogP contribution is 2.23. The molecule has 0 spiro atoms. The summed E-state index contributed by atoms with van der Waals surface area (Å²) in [6.07, 6.45) is 1.28. The summed E-state index contributed by atoms with van der Waals surface area (Å²) < 4.78 is 26.8. The van der Waals surface area contributed by atoms with Gasteiger partial charge in [-0.15, -0.1) is 0 Å². The van der Waals surface area contributed by atoms with E-state index in [0.29, 0.717) is 5.56 Å². The van der Waals surface area contributed by atoms with Gasteiger partial charge in [0.25, 0.3) is 10.0 Å². The third-order valence-electron chi connectivity index (χ3n) is 2.82. The fourth-order valence-electron chi connectivity index (χ4n) is 1.73. The van der Waals surface area contributed by atoms with Gasteiger partial charge in [0.05, 0.1) is 16.1 Å². The van der Waals surface area contributed by atoms with Gasteiger partial charge in [0, 0.05) is 6.20 Å². The van der Waals surface area contributed by atoms with Gasteiger partial charge in [-0.05, 0) is 36.8 Å². The fraction of sp³-hybridized carbons (Fsp3) is 0.0769. The maximum atomic E-state index is 12.2. The summed E-state index contributed by atoms with van der Waals surface area (Å²) in [4.78, 5) is 14.7. The first-order valence-corrected chi connectivity index (χ1v) is 7.64. The molecule has 0 saturated heterocycles. The second-order valence-electron chi connectivity index (χ2n) is 4.20. The normalized spacial score (nSPS) is 11.1. The number of benzene rings is 1. The third-order valence-corrected chi connectivity index (χ3v) is 4.39. The van der Waals surface area contributed by atoms with Gasteiger partial charge in [0.15, 0.2) is 0 Å². The number of hydrogen-bond donors (Lipinski definition) is 2. The Balaban J connectivity index is 2.42. The quantitative estimate of drug-likeness (QED) is 0.842. The molecular formula is C13H11ClN2O4S. The molecule has 0 bridgehead atoms. The molecule has 0 atom stereocenters. The van der Waals surface area contributed by atoms with Crippen LogP contribution < -0.4 is 4.72 Å². The summed E-state index contributed by atoms with van der Waals surface area (Å²) in [5.41, 5.74) is 0.555. The zero-order valence-corrected chi connectivity index (χ0v) is 12.4. The van der Waals surface area contributed by atoms with Gasteiger partial charge in [0.1, 0.15) is 5.15 Å². The summed E-state index contributed by atoms with van der Waals surface area (Å²) in [5, 5.41) is 9.09. The predicted molar refractivity (Wildman–Crippen MR) is 78.2 cm³/mol. The third kappa shape index (κ3) is 3.32. The van der Waals surface area contributed by atoms with Crippen LogP contribution in [0, 0.1) is 6.92 Å². The molecule has 8 heteroatoms. The van der Waals surface area contributed by atoms with Gasteiger partial charge in [-0.1, -0.05) is 17.7 Å². The van der Waals surface area contributed by atoms with Crippen molar-refractivity contribution in [1.29, 1.82) is 0 Å². The second-order valence-corrected chi connectivity index (χ2v) is 6.27. The Bertz CT molecular complexity index is 806. The summed E-state index contributed by atoms with van der Waals surface area (Å²) in [6, 6.07) is 6.86. The van der Waals surface area contributed by atoms with Crippen LogP contribution >= 0.6 is 11.6 Å². The van der Waals surface area contributed by atoms with E-state index in [2.05, 4.69) is 9.71 Å². The molecule has 1 aromatic carbocycles. The number of nitrogens with one attached hydrogen (secondary N) is 1. The highest BCUT2D eigenvalue weighted by molar-refractivity contribution is 7.92. The number of rotatable bonds is 4. The van der Waals surface area contributed by atoms with E-state index in [1.54, 1.807) is 0 Å². The van der Waals surface area contributed by atoms with Gasteiger partial charge >= 0.3 is 5.97 Å². The number of aromatic nitrogens is 1. The van der Waals surface area contributed by atoms with Gasteiger partial charge in [-0.3, -0.25) is 4.72 Å². The molecule has 0 aliphatic heterocycles. The number of nitrogens with zero attached hydrogens (tertiary/aromatic N) is 1. The Hall–Kier alpha value is -2.12. The minimum atomic E-state index is -3.87. The predicted octanol–water partition coefficient (Wildman–Crippen LogP) is 2.54. The molecule has 21 heavy (non-hydrogen) atoms. The van der Waals surface area contributed by atoms with Crippen molar-refractivity contribution in [2.45, 2.75) is 11.8 Å². The molecule has 2 aromatic rings. The zero-order chi connectivity index (χ0) is 15.6. The molecule has 0 aliphatic rings. The Labute approximate surface area is 126 Å². The number of halogens is 1. The van der Waals surface area contributed by atoms with Crippen molar-refractivity contribution in [2.75, 3.05) is 4.72 Å². The Kier molecular flexibility index (Phi) is 4.15. The molecule has 0 radical (unpaired) electrons. The molecule has 0 amide bonds. The number of carboxylic acid groups (broad SMARTS) is 1. The SMILES string of the molecule is Cc1c(NS(=O)(=O)c2ccnc(Cl)c2)cccc1C(=O)O. The number of carbonyl (C=O) groups is 1. The summed E-state index contributed by atoms with van der Waals surface area (Å²) in [6.45, 7) is 1.53. The summed E-state index contributed by atoms with van der Waals surface area (Å²) in [5.74, 6) is -1.12. The lowest BCUT2D eigenvalue weighted by atomic mass is 10.1. The van der Waals surface area contributed by atoms with Crippen molar-refractivity contribution in [3.63, 3.8) is 0 Å². The van der Waals surface area contributed by atoms with E-state index in [-0.39, 0.29) is 21.3 Å². The lowest BCUT2D eigenvalue weighted by Crippen LogP contribution is -2.15. The standard InChI is InChI=1S/C13H11ClN2O4S/c1-8-10(13(17)18)3-2-4-11(8)16-21(19,20)9-5-6-15-12(14)7-9/h2-7,16H,1H3,(H,17,18). The average Bonchev–Trinajstić information content (AvgIpc) is 2.40. The average molecular weight is 327 g/mol. The highest BCUT2D eigenvalue weighted by atomic mass is 35.5. The van der Waals surface area contributed by atoms with Crippen LogP contribution in [0.25, 0.3) is 0 Å². The van der Waals surface area contributed by atoms with E-state index in [1.807, 2.05) is 0 Å². The Morgan fingerprint density at radius 3 is 2.67 bits per heavy atom. The first-order chi connectivity index (χ1) is 9.81. The first-order valence-electron chi connectivity index (χ1n) is 5.78. The van der Waals surface area contributed by atoms with Crippen molar-refractivity contribution in [3.8, 4) is 0 Å². The Morgan fingerprint density at radius 2 is 2.05 bits per heavy atom. The minimum Gasteiger partial charge on any atom is -0.478 e. The molecule has 0 fully saturated rings. The highest BCUT2D eigenvalue weighted by Gasteiger charge is 2.18. The monoisotopic (exact) mass is 326 g/mol. The van der Waals surface area contributed by atoms with E-state index in [0.717, 1.165) is 0 Å². The first kappa shape index (κ1) is 15.3. The molecule has 110 valence electrons. The van der Waals surface area contributed by atoms with Gasteiger partial charge in [-0.25, -0.2) is 18.2 Å². The molecule has 0 aliphatic carbocycles. The van der Waals surface area contributed by atoms with E-state index in [9.17, 15) is 13.2 Å². The maximum absolute atomic E-state index is 12.2. The van der Waals surface area contributed by atoms with Crippen LogP contribution in [0.4, 0.5) is 5.69 Å². The number of sulfonamides is 1. The smallest absolute Gasteiger partial charge is 0.336 e. The topological polar surface area (TPSA) is 96.4 Å². The van der Waals surface area contributed by atoms with Crippen LogP contribution in [-0.2, 0) is 10.0 Å². The van der Waals surface area contributed by atoms with Crippen molar-refractivity contribution in [1.82, 2.24) is 4.98 Å². The van der Waals surface area contributed by atoms with Crippen molar-refractivity contribution in [2.24, 2.45) is 0 Å². The van der Waals surface area contributed by atoms with Crippen molar-refractivity contribution in [3.05, 3.63) is 52.8 Å². The van der Waals surface area contributed by atoms with Crippen molar-refractivity contribution >= 4 is 33.3 Å². The van der Waals surface area contributed by atoms with Gasteiger partial charge < -0.3 is 5.11 Å². The number of pyridine rings is 1. The molecule has 6 nitrogen and oxygen atoms in total. The molecule has 0 unspecified atom stereocenters. The van der Waals surface area contributed by atoms with Gasteiger partial charge in [0.2, 0.25) is 0 Å². The lowest BCUT2D eigenvalue weighted by molar-refractivity contribution is 0.0696. The number of aromatic carboxylic acids is 1. The molecule has 0 saturated carbocycles. The summed E-state index contributed by atoms with van der Waals surface area (Å²) in [7, 11) is -3.87. The molecule has 1 aromatic heterocycles.